The molecule has 0 saturated heterocycles. The van der Waals surface area contributed by atoms with Crippen molar-refractivity contribution in [3.63, 3.8) is 0 Å². The van der Waals surface area contributed by atoms with E-state index < -0.39 is 0 Å². The number of amides is 1. The van der Waals surface area contributed by atoms with Crippen LogP contribution in [0.1, 0.15) is 39.0 Å². The Bertz CT molecular complexity index is 399. The molecule has 0 aliphatic carbocycles. The summed E-state index contributed by atoms with van der Waals surface area (Å²) in [7, 11) is 1.73. The van der Waals surface area contributed by atoms with E-state index in [0.29, 0.717) is 18.9 Å². The molecule has 2 N–H and O–H groups in total. The molecule has 112 valence electrons. The number of nitrogens with two attached hydrogens (primary N) is 1. The first-order valence-electron chi connectivity index (χ1n) is 7.30. The van der Waals surface area contributed by atoms with E-state index in [1.165, 1.54) is 12.1 Å². The lowest BCUT2D eigenvalue weighted by molar-refractivity contribution is -0.118. The van der Waals surface area contributed by atoms with Crippen molar-refractivity contribution in [2.75, 3.05) is 18.5 Å². The number of benzene rings is 1. The fraction of sp³-hybridized carbons (Fsp3) is 0.562. The maximum Gasteiger partial charge on any atom is 0.226 e. The number of hydrogen-bond donors (Lipinski definition) is 1. The molecule has 0 saturated carbocycles. The maximum absolute atomic E-state index is 12.9. The number of rotatable bonds is 8. The van der Waals surface area contributed by atoms with E-state index in [0.717, 1.165) is 31.4 Å². The molecule has 3 nitrogen and oxygen atoms in total. The van der Waals surface area contributed by atoms with Crippen LogP contribution in [0.5, 0.6) is 0 Å². The van der Waals surface area contributed by atoms with Crippen LogP contribution in [0.15, 0.2) is 24.3 Å². The molecular weight excluding hydrogens is 255 g/mol. The van der Waals surface area contributed by atoms with E-state index >= 15 is 0 Å². The number of carbonyl (C=O) groups excluding carboxylic acids is 1. The van der Waals surface area contributed by atoms with E-state index in [1.54, 1.807) is 24.1 Å². The third-order valence-electron chi connectivity index (χ3n) is 3.63. The van der Waals surface area contributed by atoms with Gasteiger partial charge in [-0.1, -0.05) is 19.8 Å². The molecule has 1 atom stereocenters. The van der Waals surface area contributed by atoms with Crippen molar-refractivity contribution in [3.05, 3.63) is 30.1 Å². The van der Waals surface area contributed by atoms with Gasteiger partial charge in [-0.2, -0.15) is 0 Å². The zero-order valence-corrected chi connectivity index (χ0v) is 12.4. The van der Waals surface area contributed by atoms with Crippen molar-refractivity contribution in [1.29, 1.82) is 0 Å². The third-order valence-corrected chi connectivity index (χ3v) is 3.63. The predicted molar refractivity (Wildman–Crippen MR) is 81.1 cm³/mol. The molecule has 1 aromatic carbocycles. The fourth-order valence-electron chi connectivity index (χ4n) is 2.38. The average molecular weight is 280 g/mol. The molecular formula is C16H25FN2O. The Labute approximate surface area is 121 Å². The van der Waals surface area contributed by atoms with Gasteiger partial charge in [0.05, 0.1) is 0 Å². The van der Waals surface area contributed by atoms with Crippen molar-refractivity contribution >= 4 is 11.6 Å². The molecule has 0 heterocycles. The van der Waals surface area contributed by atoms with E-state index in [-0.39, 0.29) is 11.7 Å². The van der Waals surface area contributed by atoms with Crippen molar-refractivity contribution in [3.8, 4) is 0 Å². The normalized spacial score (nSPS) is 12.2. The first-order valence-corrected chi connectivity index (χ1v) is 7.30. The second kappa shape index (κ2) is 8.69. The molecule has 20 heavy (non-hydrogen) atoms. The van der Waals surface area contributed by atoms with Gasteiger partial charge < -0.3 is 10.6 Å². The summed E-state index contributed by atoms with van der Waals surface area (Å²) < 4.78 is 12.9. The molecule has 0 bridgehead atoms. The zero-order valence-electron chi connectivity index (χ0n) is 12.4. The molecule has 0 aromatic heterocycles. The molecule has 1 aromatic rings. The Morgan fingerprint density at radius 1 is 1.25 bits per heavy atom. The Balaban J connectivity index is 2.50. The number of hydrogen-bond acceptors (Lipinski definition) is 2. The topological polar surface area (TPSA) is 46.3 Å². The van der Waals surface area contributed by atoms with Gasteiger partial charge in [0.2, 0.25) is 5.91 Å². The van der Waals surface area contributed by atoms with Crippen molar-refractivity contribution in [2.45, 2.75) is 39.0 Å². The van der Waals surface area contributed by atoms with Crippen LogP contribution in [0.4, 0.5) is 10.1 Å². The van der Waals surface area contributed by atoms with Crippen molar-refractivity contribution < 1.29 is 9.18 Å². The Morgan fingerprint density at radius 3 is 2.45 bits per heavy atom. The molecule has 0 radical (unpaired) electrons. The Kier molecular flexibility index (Phi) is 7.23. The average Bonchev–Trinajstić information content (AvgIpc) is 2.45. The van der Waals surface area contributed by atoms with Crippen LogP contribution in [0.25, 0.3) is 0 Å². The van der Waals surface area contributed by atoms with Crippen LogP contribution in [0.3, 0.4) is 0 Å². The minimum Gasteiger partial charge on any atom is -0.330 e. The van der Waals surface area contributed by atoms with Crippen LogP contribution in [-0.2, 0) is 4.79 Å². The van der Waals surface area contributed by atoms with Gasteiger partial charge in [-0.15, -0.1) is 0 Å². The number of halogens is 1. The summed E-state index contributed by atoms with van der Waals surface area (Å²) in [6.45, 7) is 2.82. The van der Waals surface area contributed by atoms with Crippen molar-refractivity contribution in [1.82, 2.24) is 0 Å². The van der Waals surface area contributed by atoms with Gasteiger partial charge in [-0.25, -0.2) is 4.39 Å². The molecule has 0 fully saturated rings. The second-order valence-corrected chi connectivity index (χ2v) is 5.20. The lowest BCUT2D eigenvalue weighted by Crippen LogP contribution is -2.26. The summed E-state index contributed by atoms with van der Waals surface area (Å²) in [6, 6.07) is 5.98. The Hall–Kier alpha value is -1.42. The van der Waals surface area contributed by atoms with E-state index in [2.05, 4.69) is 6.92 Å². The van der Waals surface area contributed by atoms with Gasteiger partial charge in [-0.3, -0.25) is 4.79 Å². The van der Waals surface area contributed by atoms with Gasteiger partial charge >= 0.3 is 0 Å². The summed E-state index contributed by atoms with van der Waals surface area (Å²) in [5, 5.41) is 0. The second-order valence-electron chi connectivity index (χ2n) is 5.20. The van der Waals surface area contributed by atoms with E-state index in [4.69, 9.17) is 5.73 Å². The highest BCUT2D eigenvalue weighted by molar-refractivity contribution is 5.92. The highest BCUT2D eigenvalue weighted by Gasteiger charge is 2.14. The van der Waals surface area contributed by atoms with Crippen molar-refractivity contribution in [2.24, 2.45) is 11.7 Å². The van der Waals surface area contributed by atoms with Gasteiger partial charge in [0.25, 0.3) is 0 Å². The first kappa shape index (κ1) is 16.6. The summed E-state index contributed by atoms with van der Waals surface area (Å²) in [5.41, 5.74) is 6.32. The summed E-state index contributed by atoms with van der Waals surface area (Å²) in [6.07, 6.45) is 4.59. The predicted octanol–water partition coefficient (Wildman–Crippen LogP) is 3.33. The van der Waals surface area contributed by atoms with Gasteiger partial charge in [0.1, 0.15) is 5.82 Å². The molecule has 1 unspecified atom stereocenters. The van der Waals surface area contributed by atoms with Crippen LogP contribution in [-0.4, -0.2) is 19.5 Å². The van der Waals surface area contributed by atoms with E-state index in [9.17, 15) is 9.18 Å². The highest BCUT2D eigenvalue weighted by Crippen LogP contribution is 2.19. The highest BCUT2D eigenvalue weighted by atomic mass is 19.1. The number of nitrogens with zero attached hydrogens (tertiary/aromatic N) is 1. The fourth-order valence-corrected chi connectivity index (χ4v) is 2.38. The lowest BCUT2D eigenvalue weighted by Gasteiger charge is -2.20. The van der Waals surface area contributed by atoms with Gasteiger partial charge in [0, 0.05) is 19.2 Å². The maximum atomic E-state index is 12.9. The molecule has 1 amide bonds. The SMILES string of the molecule is CCCC(CCN)CCC(=O)N(C)c1ccc(F)cc1. The van der Waals surface area contributed by atoms with Gasteiger partial charge in [0.15, 0.2) is 0 Å². The molecule has 0 aliphatic rings. The number of carbonyl (C=O) groups is 1. The quantitative estimate of drug-likeness (QED) is 0.794. The lowest BCUT2D eigenvalue weighted by atomic mass is 9.94. The standard InChI is InChI=1S/C16H25FN2O/c1-3-4-13(11-12-18)5-10-16(20)19(2)15-8-6-14(17)7-9-15/h6-9,13H,3-5,10-12,18H2,1-2H3. The minimum absolute atomic E-state index is 0.0646. The summed E-state index contributed by atoms with van der Waals surface area (Å²) >= 11 is 0. The van der Waals surface area contributed by atoms with Crippen LogP contribution in [0.2, 0.25) is 0 Å². The summed E-state index contributed by atoms with van der Waals surface area (Å²) in [4.78, 5) is 13.7. The first-order chi connectivity index (χ1) is 9.58. The number of anilines is 1. The minimum atomic E-state index is -0.291. The van der Waals surface area contributed by atoms with Crippen LogP contribution in [0, 0.1) is 11.7 Å². The van der Waals surface area contributed by atoms with Crippen LogP contribution >= 0.6 is 0 Å². The monoisotopic (exact) mass is 280 g/mol. The smallest absolute Gasteiger partial charge is 0.226 e. The zero-order chi connectivity index (χ0) is 15.0. The molecule has 0 spiro atoms. The van der Waals surface area contributed by atoms with Crippen LogP contribution < -0.4 is 10.6 Å². The largest absolute Gasteiger partial charge is 0.330 e. The van der Waals surface area contributed by atoms with E-state index in [1.807, 2.05) is 0 Å². The Morgan fingerprint density at radius 2 is 1.90 bits per heavy atom. The molecule has 0 aliphatic heterocycles. The summed E-state index contributed by atoms with van der Waals surface area (Å²) in [5.74, 6) is 0.297. The molecule has 4 heteroatoms. The van der Waals surface area contributed by atoms with Gasteiger partial charge in [-0.05, 0) is 49.6 Å². The third kappa shape index (κ3) is 5.29. The molecule has 1 rings (SSSR count).